The van der Waals surface area contributed by atoms with Crippen LogP contribution in [0, 0.1) is 0 Å². The fraction of sp³-hybridized carbons (Fsp3) is 0.333. The Labute approximate surface area is 155 Å². The standard InChI is InChI=1S/C21H26N2O3/c1-3-4-5-6-17(2)20(24)15-22-21(25)19-9-7-18(8-10-19)16-23-11-13-26-14-12-23/h3-10H,1,11-16H2,2H3,(H,22,25)/b5-4-,17-6+. The van der Waals surface area contributed by atoms with E-state index in [1.54, 1.807) is 43.4 Å². The number of ether oxygens (including phenoxy) is 1. The quantitative estimate of drug-likeness (QED) is 0.576. The number of Topliss-reactive ketones (excluding diaryl/α,β-unsaturated/α-hetero) is 1. The molecule has 1 N–H and O–H groups in total. The average molecular weight is 354 g/mol. The van der Waals surface area contributed by atoms with Crippen molar-refractivity contribution in [2.75, 3.05) is 32.8 Å². The number of morpholine rings is 1. The summed E-state index contributed by atoms with van der Waals surface area (Å²) in [4.78, 5) is 26.5. The molecule has 0 aliphatic carbocycles. The highest BCUT2D eigenvalue weighted by Crippen LogP contribution is 2.09. The van der Waals surface area contributed by atoms with Crippen LogP contribution in [0.15, 0.2) is 60.7 Å². The predicted molar refractivity (Wildman–Crippen MR) is 103 cm³/mol. The average Bonchev–Trinajstić information content (AvgIpc) is 2.67. The zero-order valence-corrected chi connectivity index (χ0v) is 15.2. The number of ketones is 1. The van der Waals surface area contributed by atoms with Crippen LogP contribution >= 0.6 is 0 Å². The number of amides is 1. The molecule has 1 amide bonds. The normalized spacial score (nSPS) is 15.8. The molecule has 1 aromatic rings. The largest absolute Gasteiger partial charge is 0.379 e. The van der Waals surface area contributed by atoms with Crippen LogP contribution in [0.5, 0.6) is 0 Å². The topological polar surface area (TPSA) is 58.6 Å². The molecule has 1 saturated heterocycles. The number of nitrogens with one attached hydrogen (secondary N) is 1. The summed E-state index contributed by atoms with van der Waals surface area (Å²) in [7, 11) is 0. The summed E-state index contributed by atoms with van der Waals surface area (Å²) in [6.07, 6.45) is 6.83. The highest BCUT2D eigenvalue weighted by Gasteiger charge is 2.12. The van der Waals surface area contributed by atoms with Crippen LogP contribution in [0.4, 0.5) is 0 Å². The number of carbonyl (C=O) groups excluding carboxylic acids is 2. The number of carbonyl (C=O) groups is 2. The lowest BCUT2D eigenvalue weighted by atomic mass is 10.1. The molecule has 1 heterocycles. The van der Waals surface area contributed by atoms with E-state index < -0.39 is 0 Å². The van der Waals surface area contributed by atoms with Crippen molar-refractivity contribution in [3.63, 3.8) is 0 Å². The van der Waals surface area contributed by atoms with Crippen LogP contribution in [0.25, 0.3) is 0 Å². The molecule has 0 radical (unpaired) electrons. The number of allylic oxidation sites excluding steroid dienone is 4. The zero-order chi connectivity index (χ0) is 18.8. The molecule has 0 aromatic heterocycles. The van der Waals surface area contributed by atoms with Gasteiger partial charge in [0.15, 0.2) is 5.78 Å². The van der Waals surface area contributed by atoms with Gasteiger partial charge in [0.25, 0.3) is 5.91 Å². The van der Waals surface area contributed by atoms with E-state index in [1.165, 1.54) is 0 Å². The number of benzene rings is 1. The van der Waals surface area contributed by atoms with E-state index in [9.17, 15) is 9.59 Å². The molecule has 0 atom stereocenters. The van der Waals surface area contributed by atoms with Crippen molar-refractivity contribution < 1.29 is 14.3 Å². The second-order valence-corrected chi connectivity index (χ2v) is 6.16. The van der Waals surface area contributed by atoms with Crippen molar-refractivity contribution >= 4 is 11.7 Å². The molecular formula is C21H26N2O3. The van der Waals surface area contributed by atoms with Crippen molar-refractivity contribution in [3.8, 4) is 0 Å². The van der Waals surface area contributed by atoms with Gasteiger partial charge in [-0.25, -0.2) is 0 Å². The van der Waals surface area contributed by atoms with Crippen LogP contribution in [-0.4, -0.2) is 49.4 Å². The number of rotatable bonds is 8. The second-order valence-electron chi connectivity index (χ2n) is 6.16. The molecule has 1 fully saturated rings. The van der Waals surface area contributed by atoms with Gasteiger partial charge < -0.3 is 10.1 Å². The van der Waals surface area contributed by atoms with Crippen molar-refractivity contribution in [2.45, 2.75) is 13.5 Å². The highest BCUT2D eigenvalue weighted by atomic mass is 16.5. The van der Waals surface area contributed by atoms with Crippen LogP contribution < -0.4 is 5.32 Å². The third-order valence-electron chi connectivity index (χ3n) is 4.17. The molecule has 1 aliphatic heterocycles. The fourth-order valence-electron chi connectivity index (χ4n) is 2.55. The smallest absolute Gasteiger partial charge is 0.251 e. The highest BCUT2D eigenvalue weighted by molar-refractivity contribution is 6.01. The maximum Gasteiger partial charge on any atom is 0.251 e. The van der Waals surface area contributed by atoms with E-state index in [2.05, 4.69) is 16.8 Å². The summed E-state index contributed by atoms with van der Waals surface area (Å²) >= 11 is 0. The van der Waals surface area contributed by atoms with Gasteiger partial charge in [-0.1, -0.05) is 43.0 Å². The Bertz CT molecular complexity index is 684. The van der Waals surface area contributed by atoms with Crippen LogP contribution in [0.2, 0.25) is 0 Å². The number of nitrogens with zero attached hydrogens (tertiary/aromatic N) is 1. The van der Waals surface area contributed by atoms with Gasteiger partial charge in [-0.3, -0.25) is 14.5 Å². The van der Waals surface area contributed by atoms with E-state index in [4.69, 9.17) is 4.74 Å². The number of hydrogen-bond acceptors (Lipinski definition) is 4. The van der Waals surface area contributed by atoms with E-state index in [1.807, 2.05) is 12.1 Å². The number of hydrogen-bond donors (Lipinski definition) is 1. The van der Waals surface area contributed by atoms with Gasteiger partial charge >= 0.3 is 0 Å². The Morgan fingerprint density at radius 1 is 1.19 bits per heavy atom. The first-order chi connectivity index (χ1) is 12.6. The molecule has 1 aliphatic rings. The van der Waals surface area contributed by atoms with Gasteiger partial charge in [0, 0.05) is 25.2 Å². The third-order valence-corrected chi connectivity index (χ3v) is 4.17. The van der Waals surface area contributed by atoms with E-state index in [0.717, 1.165) is 38.4 Å². The summed E-state index contributed by atoms with van der Waals surface area (Å²) in [5.74, 6) is -0.360. The minimum Gasteiger partial charge on any atom is -0.379 e. The predicted octanol–water partition coefficient (Wildman–Crippen LogP) is 2.51. The van der Waals surface area contributed by atoms with Gasteiger partial charge in [-0.15, -0.1) is 0 Å². The Kier molecular flexibility index (Phi) is 7.99. The third kappa shape index (κ3) is 6.43. The maximum absolute atomic E-state index is 12.2. The van der Waals surface area contributed by atoms with Crippen molar-refractivity contribution in [2.24, 2.45) is 0 Å². The van der Waals surface area contributed by atoms with Gasteiger partial charge in [0.2, 0.25) is 0 Å². The van der Waals surface area contributed by atoms with Gasteiger partial charge in [0.05, 0.1) is 19.8 Å². The molecule has 0 saturated carbocycles. The van der Waals surface area contributed by atoms with Gasteiger partial charge in [0.1, 0.15) is 0 Å². The summed E-state index contributed by atoms with van der Waals surface area (Å²) < 4.78 is 5.34. The molecule has 5 nitrogen and oxygen atoms in total. The first-order valence-corrected chi connectivity index (χ1v) is 8.76. The van der Waals surface area contributed by atoms with Crippen LogP contribution in [0.3, 0.4) is 0 Å². The summed E-state index contributed by atoms with van der Waals surface area (Å²) in [5, 5.41) is 2.67. The second kappa shape index (κ2) is 10.5. The summed E-state index contributed by atoms with van der Waals surface area (Å²) in [5.41, 5.74) is 2.30. The van der Waals surface area contributed by atoms with Gasteiger partial charge in [-0.2, -0.15) is 0 Å². The van der Waals surface area contributed by atoms with Crippen molar-refractivity contribution in [1.82, 2.24) is 10.2 Å². The Balaban J connectivity index is 1.83. The Morgan fingerprint density at radius 2 is 1.88 bits per heavy atom. The lowest BCUT2D eigenvalue weighted by Gasteiger charge is -2.26. The maximum atomic E-state index is 12.2. The Morgan fingerprint density at radius 3 is 2.54 bits per heavy atom. The molecule has 0 unspecified atom stereocenters. The van der Waals surface area contributed by atoms with Gasteiger partial charge in [-0.05, 0) is 30.2 Å². The van der Waals surface area contributed by atoms with E-state index >= 15 is 0 Å². The molecule has 5 heteroatoms. The monoisotopic (exact) mass is 354 g/mol. The van der Waals surface area contributed by atoms with E-state index in [0.29, 0.717) is 11.1 Å². The summed E-state index contributed by atoms with van der Waals surface area (Å²) in [6, 6.07) is 7.51. The van der Waals surface area contributed by atoms with Crippen molar-refractivity contribution in [3.05, 3.63) is 71.8 Å². The molecule has 2 rings (SSSR count). The van der Waals surface area contributed by atoms with Crippen LogP contribution in [-0.2, 0) is 16.1 Å². The lowest BCUT2D eigenvalue weighted by Crippen LogP contribution is -2.35. The molecule has 26 heavy (non-hydrogen) atoms. The molecule has 1 aromatic carbocycles. The Hall–Kier alpha value is -2.50. The minimum atomic E-state index is -0.245. The molecule has 138 valence electrons. The fourth-order valence-corrected chi connectivity index (χ4v) is 2.55. The first kappa shape index (κ1) is 19.8. The van der Waals surface area contributed by atoms with Crippen molar-refractivity contribution in [1.29, 1.82) is 0 Å². The molecule has 0 spiro atoms. The molecule has 0 bridgehead atoms. The minimum absolute atomic E-state index is 0.0153. The zero-order valence-electron chi connectivity index (χ0n) is 15.2. The summed E-state index contributed by atoms with van der Waals surface area (Å²) in [6.45, 7) is 9.53. The SMILES string of the molecule is C=C/C=C\C=C(/C)C(=O)CNC(=O)c1ccc(CN2CCOCC2)cc1. The lowest BCUT2D eigenvalue weighted by molar-refractivity contribution is -0.114. The van der Waals surface area contributed by atoms with Crippen LogP contribution in [0.1, 0.15) is 22.8 Å². The van der Waals surface area contributed by atoms with E-state index in [-0.39, 0.29) is 18.2 Å². The first-order valence-electron chi connectivity index (χ1n) is 8.76. The molecular weight excluding hydrogens is 328 g/mol.